The molecular formula is C15H23BrN2O. The fourth-order valence-electron chi connectivity index (χ4n) is 2.80. The maximum atomic E-state index is 10.0. The number of likely N-dealkylation sites (tertiary alicyclic amines) is 1. The number of aromatic hydroxyl groups is 1. The van der Waals surface area contributed by atoms with Crippen LogP contribution in [-0.2, 0) is 0 Å². The van der Waals surface area contributed by atoms with Crippen molar-refractivity contribution in [3.05, 3.63) is 28.2 Å². The van der Waals surface area contributed by atoms with Crippen LogP contribution in [0.5, 0.6) is 5.75 Å². The third-order valence-electron chi connectivity index (χ3n) is 4.31. The smallest absolute Gasteiger partial charge is 0.120 e. The second kappa shape index (κ2) is 6.25. The Morgan fingerprint density at radius 2 is 2.00 bits per heavy atom. The summed E-state index contributed by atoms with van der Waals surface area (Å²) in [4.78, 5) is 4.78. The first-order valence-electron chi connectivity index (χ1n) is 6.88. The highest BCUT2D eigenvalue weighted by Gasteiger charge is 2.25. The first-order chi connectivity index (χ1) is 8.99. The van der Waals surface area contributed by atoms with E-state index in [9.17, 15) is 5.11 Å². The molecule has 1 saturated heterocycles. The standard InChI is InChI=1S/C15H23BrN2O/c1-11(14-10-12(16)4-5-15(14)19)18(3)13-6-8-17(2)9-7-13/h4-5,10-11,13,19H,6-9H2,1-3H3. The first kappa shape index (κ1) is 14.8. The number of phenols is 1. The van der Waals surface area contributed by atoms with Crippen LogP contribution >= 0.6 is 15.9 Å². The minimum absolute atomic E-state index is 0.228. The Morgan fingerprint density at radius 3 is 2.63 bits per heavy atom. The van der Waals surface area contributed by atoms with Crippen molar-refractivity contribution in [1.82, 2.24) is 9.80 Å². The third kappa shape index (κ3) is 3.50. The number of phenolic OH excluding ortho intramolecular Hbond substituents is 1. The Balaban J connectivity index is 2.10. The van der Waals surface area contributed by atoms with Crippen LogP contribution in [-0.4, -0.2) is 48.1 Å². The Hall–Kier alpha value is -0.580. The molecule has 1 aliphatic rings. The lowest BCUT2D eigenvalue weighted by Crippen LogP contribution is -2.42. The van der Waals surface area contributed by atoms with Gasteiger partial charge >= 0.3 is 0 Å². The normalized spacial score (nSPS) is 19.8. The average Bonchev–Trinajstić information content (AvgIpc) is 2.41. The van der Waals surface area contributed by atoms with Crippen molar-refractivity contribution in [3.8, 4) is 5.75 Å². The monoisotopic (exact) mass is 326 g/mol. The zero-order valence-corrected chi connectivity index (χ0v) is 13.5. The number of hydrogen-bond donors (Lipinski definition) is 1. The molecule has 1 N–H and O–H groups in total. The molecule has 0 amide bonds. The summed E-state index contributed by atoms with van der Waals surface area (Å²) in [5, 5.41) is 10.0. The van der Waals surface area contributed by atoms with Crippen molar-refractivity contribution in [2.75, 3.05) is 27.2 Å². The van der Waals surface area contributed by atoms with Crippen molar-refractivity contribution >= 4 is 15.9 Å². The summed E-state index contributed by atoms with van der Waals surface area (Å²) in [7, 11) is 4.35. The topological polar surface area (TPSA) is 26.7 Å². The number of nitrogens with zero attached hydrogens (tertiary/aromatic N) is 2. The van der Waals surface area contributed by atoms with Crippen LogP contribution in [0.3, 0.4) is 0 Å². The van der Waals surface area contributed by atoms with Gasteiger partial charge in [0.25, 0.3) is 0 Å². The average molecular weight is 327 g/mol. The van der Waals surface area contributed by atoms with Gasteiger partial charge in [-0.2, -0.15) is 0 Å². The Labute approximate surface area is 124 Å². The number of hydrogen-bond acceptors (Lipinski definition) is 3. The van der Waals surface area contributed by atoms with Crippen molar-refractivity contribution in [3.63, 3.8) is 0 Å². The quantitative estimate of drug-likeness (QED) is 0.923. The molecule has 0 aliphatic carbocycles. The molecule has 1 atom stereocenters. The maximum Gasteiger partial charge on any atom is 0.120 e. The first-order valence-corrected chi connectivity index (χ1v) is 7.67. The predicted octanol–water partition coefficient (Wildman–Crippen LogP) is 3.24. The molecule has 0 radical (unpaired) electrons. The van der Waals surface area contributed by atoms with Gasteiger partial charge < -0.3 is 10.0 Å². The zero-order valence-electron chi connectivity index (χ0n) is 11.9. The summed E-state index contributed by atoms with van der Waals surface area (Å²) in [6.45, 7) is 4.48. The molecule has 0 spiro atoms. The molecule has 1 fully saturated rings. The molecule has 1 aromatic carbocycles. The lowest BCUT2D eigenvalue weighted by atomic mass is 9.99. The van der Waals surface area contributed by atoms with Crippen LogP contribution in [0.4, 0.5) is 0 Å². The number of benzene rings is 1. The maximum absolute atomic E-state index is 10.0. The molecule has 4 heteroatoms. The highest BCUT2D eigenvalue weighted by molar-refractivity contribution is 9.10. The number of rotatable bonds is 3. The fraction of sp³-hybridized carbons (Fsp3) is 0.600. The molecule has 2 rings (SSSR count). The van der Waals surface area contributed by atoms with Crippen LogP contribution in [0.15, 0.2) is 22.7 Å². The van der Waals surface area contributed by atoms with Crippen LogP contribution in [0, 0.1) is 0 Å². The van der Waals surface area contributed by atoms with Crippen molar-refractivity contribution in [1.29, 1.82) is 0 Å². The Bertz CT molecular complexity index is 430. The van der Waals surface area contributed by atoms with Crippen LogP contribution < -0.4 is 0 Å². The van der Waals surface area contributed by atoms with Crippen LogP contribution in [0.1, 0.15) is 31.4 Å². The summed E-state index contributed by atoms with van der Waals surface area (Å²) in [6.07, 6.45) is 2.40. The highest BCUT2D eigenvalue weighted by Crippen LogP contribution is 2.32. The van der Waals surface area contributed by atoms with Gasteiger partial charge in [0.05, 0.1) is 0 Å². The summed E-state index contributed by atoms with van der Waals surface area (Å²) < 4.78 is 1.02. The van der Waals surface area contributed by atoms with Gasteiger partial charge in [-0.3, -0.25) is 4.90 Å². The van der Waals surface area contributed by atoms with E-state index in [-0.39, 0.29) is 6.04 Å². The van der Waals surface area contributed by atoms with E-state index >= 15 is 0 Å². The second-order valence-corrected chi connectivity index (χ2v) is 6.49. The fourth-order valence-corrected chi connectivity index (χ4v) is 3.18. The van der Waals surface area contributed by atoms with Crippen molar-refractivity contribution in [2.45, 2.75) is 31.8 Å². The largest absolute Gasteiger partial charge is 0.508 e. The van der Waals surface area contributed by atoms with Gasteiger partial charge in [0, 0.05) is 22.1 Å². The van der Waals surface area contributed by atoms with E-state index in [4.69, 9.17) is 0 Å². The minimum Gasteiger partial charge on any atom is -0.508 e. The van der Waals surface area contributed by atoms with Gasteiger partial charge in [-0.25, -0.2) is 0 Å². The zero-order chi connectivity index (χ0) is 14.0. The second-order valence-electron chi connectivity index (χ2n) is 5.58. The molecule has 1 aliphatic heterocycles. The molecule has 1 unspecified atom stereocenters. The van der Waals surface area contributed by atoms with Gasteiger partial charge in [0.15, 0.2) is 0 Å². The summed E-state index contributed by atoms with van der Waals surface area (Å²) >= 11 is 3.48. The highest BCUT2D eigenvalue weighted by atomic mass is 79.9. The van der Waals surface area contributed by atoms with Crippen LogP contribution in [0.2, 0.25) is 0 Å². The summed E-state index contributed by atoms with van der Waals surface area (Å²) in [5.74, 6) is 0.385. The van der Waals surface area contributed by atoms with Gasteiger partial charge in [-0.1, -0.05) is 15.9 Å². The third-order valence-corrected chi connectivity index (χ3v) is 4.81. The van der Waals surface area contributed by atoms with Crippen LogP contribution in [0.25, 0.3) is 0 Å². The number of halogens is 1. The molecule has 19 heavy (non-hydrogen) atoms. The van der Waals surface area contributed by atoms with Gasteiger partial charge in [-0.15, -0.1) is 0 Å². The van der Waals surface area contributed by atoms with Crippen molar-refractivity contribution in [2.24, 2.45) is 0 Å². The molecule has 1 heterocycles. The summed E-state index contributed by atoms with van der Waals surface area (Å²) in [5.41, 5.74) is 0.996. The minimum atomic E-state index is 0.228. The SMILES string of the molecule is CC(c1cc(Br)ccc1O)N(C)C1CCN(C)CC1. The molecule has 0 bridgehead atoms. The van der Waals surface area contributed by atoms with Gasteiger partial charge in [0.2, 0.25) is 0 Å². The van der Waals surface area contributed by atoms with Crippen molar-refractivity contribution < 1.29 is 5.11 Å². The van der Waals surface area contributed by atoms with Gasteiger partial charge in [0.1, 0.15) is 5.75 Å². The molecular weight excluding hydrogens is 304 g/mol. The van der Waals surface area contributed by atoms with E-state index in [0.717, 1.165) is 23.1 Å². The molecule has 3 nitrogen and oxygen atoms in total. The molecule has 0 aromatic heterocycles. The van der Waals surface area contributed by atoms with E-state index in [2.05, 4.69) is 46.7 Å². The lowest BCUT2D eigenvalue weighted by molar-refractivity contribution is 0.112. The molecule has 1 aromatic rings. The van der Waals surface area contributed by atoms with E-state index in [0.29, 0.717) is 11.8 Å². The Morgan fingerprint density at radius 1 is 1.37 bits per heavy atom. The van der Waals surface area contributed by atoms with E-state index in [1.807, 2.05) is 12.1 Å². The molecule has 0 saturated carbocycles. The lowest BCUT2D eigenvalue weighted by Gasteiger charge is -2.38. The summed E-state index contributed by atoms with van der Waals surface area (Å²) in [6, 6.07) is 6.49. The van der Waals surface area contributed by atoms with E-state index in [1.54, 1.807) is 6.07 Å². The van der Waals surface area contributed by atoms with Gasteiger partial charge in [-0.05, 0) is 65.1 Å². The van der Waals surface area contributed by atoms with E-state index in [1.165, 1.54) is 12.8 Å². The number of piperidine rings is 1. The van der Waals surface area contributed by atoms with E-state index < -0.39 is 0 Å². The predicted molar refractivity (Wildman–Crippen MR) is 82.5 cm³/mol. The Kier molecular flexibility index (Phi) is 4.87. The molecule has 106 valence electrons.